The minimum absolute atomic E-state index is 0.191. The first-order valence-electron chi connectivity index (χ1n) is 6.50. The van der Waals surface area contributed by atoms with Crippen molar-refractivity contribution in [2.45, 2.75) is 20.1 Å². The molecule has 0 amide bonds. The lowest BCUT2D eigenvalue weighted by Crippen LogP contribution is -2.11. The third-order valence-electron chi connectivity index (χ3n) is 3.05. The summed E-state index contributed by atoms with van der Waals surface area (Å²) in [6.45, 7) is 2.79. The Morgan fingerprint density at radius 3 is 2.76 bits per heavy atom. The van der Waals surface area contributed by atoms with E-state index in [0.29, 0.717) is 17.9 Å². The molecule has 0 fully saturated rings. The Kier molecular flexibility index (Phi) is 4.90. The number of aromatic nitrogens is 1. The maximum absolute atomic E-state index is 12.1. The normalized spacial score (nSPS) is 10.4. The zero-order valence-electron chi connectivity index (χ0n) is 11.9. The summed E-state index contributed by atoms with van der Waals surface area (Å²) in [6.07, 6.45) is 1.72. The number of esters is 1. The maximum atomic E-state index is 12.1. The molecular formula is C15H17BrN2O3. The van der Waals surface area contributed by atoms with Crippen molar-refractivity contribution in [3.63, 3.8) is 0 Å². The topological polar surface area (TPSA) is 66.5 Å². The van der Waals surface area contributed by atoms with Crippen LogP contribution in [0.1, 0.15) is 23.0 Å². The van der Waals surface area contributed by atoms with Crippen molar-refractivity contribution in [2.24, 2.45) is 0 Å². The Balaban J connectivity index is 2.05. The van der Waals surface area contributed by atoms with E-state index >= 15 is 0 Å². The standard InChI is InChI=1S/C15H17BrN2O3/c1-3-18-8-11(17)7-13(18)15(19)21-9-10-4-5-14(20-2)12(16)6-10/h4-8H,3,9,17H2,1-2H3. The molecule has 21 heavy (non-hydrogen) atoms. The average molecular weight is 353 g/mol. The summed E-state index contributed by atoms with van der Waals surface area (Å²) in [5.74, 6) is 0.346. The summed E-state index contributed by atoms with van der Waals surface area (Å²) in [6, 6.07) is 7.15. The van der Waals surface area contributed by atoms with E-state index in [4.69, 9.17) is 15.2 Å². The minimum atomic E-state index is -0.388. The predicted octanol–water partition coefficient (Wildman–Crippen LogP) is 3.22. The number of carbonyl (C=O) groups excluding carboxylic acids is 1. The molecule has 0 radical (unpaired) electrons. The van der Waals surface area contributed by atoms with Crippen molar-refractivity contribution in [3.8, 4) is 5.75 Å². The first kappa shape index (κ1) is 15.4. The van der Waals surface area contributed by atoms with Gasteiger partial charge in [-0.25, -0.2) is 4.79 Å². The number of anilines is 1. The number of methoxy groups -OCH3 is 1. The van der Waals surface area contributed by atoms with Crippen LogP contribution in [-0.4, -0.2) is 17.6 Å². The highest BCUT2D eigenvalue weighted by molar-refractivity contribution is 9.10. The van der Waals surface area contributed by atoms with Gasteiger partial charge in [-0.1, -0.05) is 6.07 Å². The molecule has 0 aliphatic carbocycles. The van der Waals surface area contributed by atoms with Gasteiger partial charge >= 0.3 is 5.97 Å². The van der Waals surface area contributed by atoms with Crippen LogP contribution in [0.2, 0.25) is 0 Å². The molecule has 5 nitrogen and oxygen atoms in total. The minimum Gasteiger partial charge on any atom is -0.496 e. The van der Waals surface area contributed by atoms with E-state index in [9.17, 15) is 4.79 Å². The fourth-order valence-electron chi connectivity index (χ4n) is 1.99. The van der Waals surface area contributed by atoms with Crippen molar-refractivity contribution in [3.05, 3.63) is 46.2 Å². The quantitative estimate of drug-likeness (QED) is 0.839. The number of rotatable bonds is 5. The van der Waals surface area contributed by atoms with Gasteiger partial charge in [-0.15, -0.1) is 0 Å². The Hall–Kier alpha value is -1.95. The van der Waals surface area contributed by atoms with Gasteiger partial charge < -0.3 is 19.8 Å². The van der Waals surface area contributed by atoms with E-state index in [1.807, 2.05) is 25.1 Å². The summed E-state index contributed by atoms with van der Waals surface area (Å²) >= 11 is 3.40. The Labute approximate surface area is 131 Å². The van der Waals surface area contributed by atoms with Crippen LogP contribution in [0.25, 0.3) is 0 Å². The molecule has 0 aliphatic heterocycles. The predicted molar refractivity (Wildman–Crippen MR) is 84.3 cm³/mol. The highest BCUT2D eigenvalue weighted by Gasteiger charge is 2.14. The molecule has 0 spiro atoms. The first-order valence-corrected chi connectivity index (χ1v) is 7.29. The number of aryl methyl sites for hydroxylation is 1. The first-order chi connectivity index (χ1) is 10.0. The molecule has 0 saturated heterocycles. The van der Waals surface area contributed by atoms with E-state index in [1.165, 1.54) is 0 Å². The van der Waals surface area contributed by atoms with Crippen molar-refractivity contribution in [1.29, 1.82) is 0 Å². The van der Waals surface area contributed by atoms with E-state index in [0.717, 1.165) is 15.8 Å². The molecule has 112 valence electrons. The van der Waals surface area contributed by atoms with Crippen LogP contribution in [0, 0.1) is 0 Å². The number of nitrogen functional groups attached to an aromatic ring is 1. The Morgan fingerprint density at radius 1 is 1.38 bits per heavy atom. The van der Waals surface area contributed by atoms with Crippen molar-refractivity contribution in [1.82, 2.24) is 4.57 Å². The van der Waals surface area contributed by atoms with Crippen LogP contribution in [0.3, 0.4) is 0 Å². The second kappa shape index (κ2) is 6.67. The maximum Gasteiger partial charge on any atom is 0.355 e. The van der Waals surface area contributed by atoms with Gasteiger partial charge in [-0.3, -0.25) is 0 Å². The average Bonchev–Trinajstić information content (AvgIpc) is 2.86. The Morgan fingerprint density at radius 2 is 2.14 bits per heavy atom. The number of carbonyl (C=O) groups is 1. The number of nitrogens with zero attached hydrogens (tertiary/aromatic N) is 1. The van der Waals surface area contributed by atoms with Gasteiger partial charge in [0.05, 0.1) is 17.3 Å². The Bertz CT molecular complexity index is 652. The van der Waals surface area contributed by atoms with Crippen molar-refractivity contribution in [2.75, 3.05) is 12.8 Å². The molecule has 2 aromatic rings. The van der Waals surface area contributed by atoms with Crippen LogP contribution < -0.4 is 10.5 Å². The molecule has 2 N–H and O–H groups in total. The lowest BCUT2D eigenvalue weighted by Gasteiger charge is -2.09. The summed E-state index contributed by atoms with van der Waals surface area (Å²) in [7, 11) is 1.60. The fourth-order valence-corrected chi connectivity index (χ4v) is 2.58. The largest absolute Gasteiger partial charge is 0.496 e. The summed E-state index contributed by atoms with van der Waals surface area (Å²) in [5, 5.41) is 0. The van der Waals surface area contributed by atoms with Gasteiger partial charge in [-0.05, 0) is 46.6 Å². The number of hydrogen-bond acceptors (Lipinski definition) is 4. The lowest BCUT2D eigenvalue weighted by atomic mass is 10.2. The second-order valence-corrected chi connectivity index (χ2v) is 5.34. The number of halogens is 1. The van der Waals surface area contributed by atoms with Gasteiger partial charge in [0.25, 0.3) is 0 Å². The molecule has 1 aromatic carbocycles. The molecular weight excluding hydrogens is 336 g/mol. The van der Waals surface area contributed by atoms with E-state index in [2.05, 4.69) is 15.9 Å². The SMILES string of the molecule is CCn1cc(N)cc1C(=O)OCc1ccc(OC)c(Br)c1. The van der Waals surface area contributed by atoms with Gasteiger partial charge in [0.15, 0.2) is 0 Å². The van der Waals surface area contributed by atoms with Gasteiger partial charge in [0.1, 0.15) is 18.1 Å². The smallest absolute Gasteiger partial charge is 0.355 e. The highest BCUT2D eigenvalue weighted by Crippen LogP contribution is 2.26. The molecule has 0 atom stereocenters. The van der Waals surface area contributed by atoms with Gasteiger partial charge in [-0.2, -0.15) is 0 Å². The van der Waals surface area contributed by atoms with Crippen molar-refractivity contribution < 1.29 is 14.3 Å². The van der Waals surface area contributed by atoms with E-state index in [1.54, 1.807) is 23.9 Å². The third kappa shape index (κ3) is 3.58. The molecule has 0 aliphatic rings. The lowest BCUT2D eigenvalue weighted by molar-refractivity contribution is 0.0460. The molecule has 0 unspecified atom stereocenters. The van der Waals surface area contributed by atoms with Crippen LogP contribution >= 0.6 is 15.9 Å². The molecule has 2 rings (SSSR count). The number of hydrogen-bond donors (Lipinski definition) is 1. The number of benzene rings is 1. The summed E-state index contributed by atoms with van der Waals surface area (Å²) < 4.78 is 13.1. The molecule has 0 saturated carbocycles. The van der Waals surface area contributed by atoms with Crippen molar-refractivity contribution >= 4 is 27.6 Å². The zero-order chi connectivity index (χ0) is 15.4. The van der Waals surface area contributed by atoms with Gasteiger partial charge in [0.2, 0.25) is 0 Å². The second-order valence-electron chi connectivity index (χ2n) is 4.49. The zero-order valence-corrected chi connectivity index (χ0v) is 13.5. The number of ether oxygens (including phenoxy) is 2. The molecule has 1 aromatic heterocycles. The van der Waals surface area contributed by atoms with Gasteiger partial charge in [0, 0.05) is 12.7 Å². The third-order valence-corrected chi connectivity index (χ3v) is 3.67. The van der Waals surface area contributed by atoms with Crippen LogP contribution in [0.5, 0.6) is 5.75 Å². The van der Waals surface area contributed by atoms with Crippen LogP contribution in [-0.2, 0) is 17.9 Å². The molecule has 1 heterocycles. The highest BCUT2D eigenvalue weighted by atomic mass is 79.9. The fraction of sp³-hybridized carbons (Fsp3) is 0.267. The van der Waals surface area contributed by atoms with E-state index in [-0.39, 0.29) is 12.6 Å². The van der Waals surface area contributed by atoms with Crippen LogP contribution in [0.15, 0.2) is 34.9 Å². The monoisotopic (exact) mass is 352 g/mol. The molecule has 6 heteroatoms. The van der Waals surface area contributed by atoms with E-state index < -0.39 is 0 Å². The number of nitrogens with two attached hydrogens (primary N) is 1. The summed E-state index contributed by atoms with van der Waals surface area (Å²) in [5.41, 5.74) is 7.59. The molecule has 0 bridgehead atoms. The van der Waals surface area contributed by atoms with Crippen LogP contribution in [0.4, 0.5) is 5.69 Å². The summed E-state index contributed by atoms with van der Waals surface area (Å²) in [4.78, 5) is 12.1.